The van der Waals surface area contributed by atoms with Gasteiger partial charge in [-0.3, -0.25) is 0 Å². The lowest BCUT2D eigenvalue weighted by Gasteiger charge is -2.12. The van der Waals surface area contributed by atoms with E-state index in [2.05, 4.69) is 26.3 Å². The summed E-state index contributed by atoms with van der Waals surface area (Å²) in [6.07, 6.45) is 0.393. The molecule has 0 unspecified atom stereocenters. The summed E-state index contributed by atoms with van der Waals surface area (Å²) in [6.45, 7) is 0. The topological polar surface area (TPSA) is 104 Å². The van der Waals surface area contributed by atoms with Crippen LogP contribution in [0.1, 0.15) is 5.56 Å². The summed E-state index contributed by atoms with van der Waals surface area (Å²) in [7, 11) is 3.66. The fraction of sp³-hybridized carbons (Fsp3) is 0.231. The summed E-state index contributed by atoms with van der Waals surface area (Å²) in [5.74, 6) is 1.03. The van der Waals surface area contributed by atoms with E-state index < -0.39 is 0 Å². The molecule has 0 aliphatic carbocycles. The predicted molar refractivity (Wildman–Crippen MR) is 77.6 cm³/mol. The molecule has 0 aliphatic heterocycles. The standard InChI is InChI=1S/C13H15N7/c1-20(2)13-18-11(15)17-12(19-13)16-10-5-3-9(4-6-10)7-8-14/h3-6H,7H2,1-2H3,(H3,15,16,17,18,19). The fourth-order valence-electron chi connectivity index (χ4n) is 1.56. The third-order valence-electron chi connectivity index (χ3n) is 2.53. The number of rotatable bonds is 4. The summed E-state index contributed by atoms with van der Waals surface area (Å²) in [5.41, 5.74) is 7.43. The smallest absolute Gasteiger partial charge is 0.233 e. The van der Waals surface area contributed by atoms with Crippen LogP contribution in [0.4, 0.5) is 23.5 Å². The molecule has 0 atom stereocenters. The van der Waals surface area contributed by atoms with Gasteiger partial charge < -0.3 is 16.0 Å². The summed E-state index contributed by atoms with van der Waals surface area (Å²) in [6, 6.07) is 9.59. The molecule has 102 valence electrons. The van der Waals surface area contributed by atoms with Gasteiger partial charge in [0.15, 0.2) is 0 Å². The van der Waals surface area contributed by atoms with E-state index >= 15 is 0 Å². The van der Waals surface area contributed by atoms with Crippen molar-refractivity contribution in [1.29, 1.82) is 5.26 Å². The molecule has 2 rings (SSSR count). The lowest BCUT2D eigenvalue weighted by Crippen LogP contribution is -2.15. The van der Waals surface area contributed by atoms with Gasteiger partial charge in [-0.25, -0.2) is 0 Å². The molecule has 0 radical (unpaired) electrons. The molecule has 20 heavy (non-hydrogen) atoms. The number of anilines is 4. The monoisotopic (exact) mass is 269 g/mol. The molecule has 0 amide bonds. The zero-order valence-corrected chi connectivity index (χ0v) is 11.3. The zero-order chi connectivity index (χ0) is 14.5. The van der Waals surface area contributed by atoms with Gasteiger partial charge in [0, 0.05) is 19.8 Å². The van der Waals surface area contributed by atoms with Gasteiger partial charge in [-0.05, 0) is 17.7 Å². The number of nitriles is 1. The van der Waals surface area contributed by atoms with Crippen LogP contribution < -0.4 is 16.0 Å². The third-order valence-corrected chi connectivity index (χ3v) is 2.53. The van der Waals surface area contributed by atoms with E-state index in [1.54, 1.807) is 4.90 Å². The van der Waals surface area contributed by atoms with Gasteiger partial charge in [0.2, 0.25) is 17.8 Å². The van der Waals surface area contributed by atoms with Crippen molar-refractivity contribution in [2.45, 2.75) is 6.42 Å². The number of aromatic nitrogens is 3. The Hall–Kier alpha value is -2.88. The Morgan fingerprint density at radius 1 is 1.20 bits per heavy atom. The molecule has 3 N–H and O–H groups in total. The number of benzene rings is 1. The maximum atomic E-state index is 8.63. The number of nitrogens with zero attached hydrogens (tertiary/aromatic N) is 5. The molecule has 0 fully saturated rings. The van der Waals surface area contributed by atoms with Gasteiger partial charge in [-0.2, -0.15) is 20.2 Å². The number of hydrogen-bond donors (Lipinski definition) is 2. The van der Waals surface area contributed by atoms with Crippen molar-refractivity contribution in [3.8, 4) is 6.07 Å². The molecule has 1 aromatic heterocycles. The predicted octanol–water partition coefficient (Wildman–Crippen LogP) is 1.33. The van der Waals surface area contributed by atoms with Gasteiger partial charge in [0.05, 0.1) is 12.5 Å². The fourth-order valence-corrected chi connectivity index (χ4v) is 1.56. The number of nitrogen functional groups attached to an aromatic ring is 1. The van der Waals surface area contributed by atoms with Crippen LogP contribution in [0.25, 0.3) is 0 Å². The highest BCUT2D eigenvalue weighted by Crippen LogP contribution is 2.16. The third kappa shape index (κ3) is 3.32. The number of hydrogen-bond acceptors (Lipinski definition) is 7. The van der Waals surface area contributed by atoms with Crippen molar-refractivity contribution >= 4 is 23.5 Å². The second kappa shape index (κ2) is 5.84. The van der Waals surface area contributed by atoms with Crippen molar-refractivity contribution in [2.24, 2.45) is 0 Å². The van der Waals surface area contributed by atoms with Crippen molar-refractivity contribution in [3.05, 3.63) is 29.8 Å². The average Bonchev–Trinajstić information content (AvgIpc) is 2.40. The molecule has 2 aromatic rings. The lowest BCUT2D eigenvalue weighted by atomic mass is 10.1. The highest BCUT2D eigenvalue weighted by atomic mass is 15.3. The minimum atomic E-state index is 0.160. The van der Waals surface area contributed by atoms with Crippen LogP contribution in [0.15, 0.2) is 24.3 Å². The van der Waals surface area contributed by atoms with Crippen molar-refractivity contribution in [2.75, 3.05) is 30.0 Å². The second-order valence-corrected chi connectivity index (χ2v) is 4.37. The average molecular weight is 269 g/mol. The Morgan fingerprint density at radius 3 is 2.50 bits per heavy atom. The molecule has 0 saturated heterocycles. The first kappa shape index (κ1) is 13.5. The molecular formula is C13H15N7. The zero-order valence-electron chi connectivity index (χ0n) is 11.3. The van der Waals surface area contributed by atoms with E-state index in [1.807, 2.05) is 38.4 Å². The highest BCUT2D eigenvalue weighted by Gasteiger charge is 2.06. The Kier molecular flexibility index (Phi) is 3.96. The Bertz CT molecular complexity index is 628. The molecule has 1 aromatic carbocycles. The second-order valence-electron chi connectivity index (χ2n) is 4.37. The molecule has 0 aliphatic rings. The maximum absolute atomic E-state index is 8.63. The highest BCUT2D eigenvalue weighted by molar-refractivity contribution is 5.55. The van der Waals surface area contributed by atoms with Crippen LogP contribution >= 0.6 is 0 Å². The lowest BCUT2D eigenvalue weighted by molar-refractivity contribution is 0.969. The molecule has 0 bridgehead atoms. The largest absolute Gasteiger partial charge is 0.368 e. The summed E-state index contributed by atoms with van der Waals surface area (Å²) < 4.78 is 0. The van der Waals surface area contributed by atoms with E-state index in [0.717, 1.165) is 11.3 Å². The SMILES string of the molecule is CN(C)c1nc(N)nc(Nc2ccc(CC#N)cc2)n1. The molecule has 0 spiro atoms. The van der Waals surface area contributed by atoms with E-state index in [0.29, 0.717) is 18.3 Å². The normalized spacial score (nSPS) is 9.85. The van der Waals surface area contributed by atoms with Crippen LogP contribution in [0.2, 0.25) is 0 Å². The molecule has 7 heteroatoms. The molecule has 1 heterocycles. The van der Waals surface area contributed by atoms with Crippen LogP contribution in [-0.2, 0) is 6.42 Å². The van der Waals surface area contributed by atoms with Crippen molar-refractivity contribution in [1.82, 2.24) is 15.0 Å². The van der Waals surface area contributed by atoms with Crippen molar-refractivity contribution < 1.29 is 0 Å². The molecule has 7 nitrogen and oxygen atoms in total. The first-order valence-electron chi connectivity index (χ1n) is 6.00. The van der Waals surface area contributed by atoms with Gasteiger partial charge in [-0.15, -0.1) is 0 Å². The number of nitrogens with two attached hydrogens (primary N) is 1. The van der Waals surface area contributed by atoms with Gasteiger partial charge in [0.1, 0.15) is 0 Å². The van der Waals surface area contributed by atoms with Crippen LogP contribution in [-0.4, -0.2) is 29.0 Å². The van der Waals surface area contributed by atoms with Gasteiger partial charge in [-0.1, -0.05) is 12.1 Å². The summed E-state index contributed by atoms with van der Waals surface area (Å²) in [4.78, 5) is 14.1. The summed E-state index contributed by atoms with van der Waals surface area (Å²) >= 11 is 0. The molecule has 0 saturated carbocycles. The van der Waals surface area contributed by atoms with E-state index in [-0.39, 0.29) is 5.95 Å². The Balaban J connectivity index is 2.19. The molecular weight excluding hydrogens is 254 g/mol. The van der Waals surface area contributed by atoms with E-state index in [9.17, 15) is 0 Å². The first-order valence-corrected chi connectivity index (χ1v) is 6.00. The van der Waals surface area contributed by atoms with E-state index in [1.165, 1.54) is 0 Å². The minimum Gasteiger partial charge on any atom is -0.368 e. The minimum absolute atomic E-state index is 0.160. The van der Waals surface area contributed by atoms with Crippen LogP contribution in [0.5, 0.6) is 0 Å². The first-order chi connectivity index (χ1) is 9.58. The van der Waals surface area contributed by atoms with Gasteiger partial charge in [0.25, 0.3) is 0 Å². The maximum Gasteiger partial charge on any atom is 0.233 e. The van der Waals surface area contributed by atoms with Crippen molar-refractivity contribution in [3.63, 3.8) is 0 Å². The number of nitrogens with one attached hydrogen (secondary N) is 1. The quantitative estimate of drug-likeness (QED) is 0.862. The Morgan fingerprint density at radius 2 is 1.90 bits per heavy atom. The summed E-state index contributed by atoms with van der Waals surface area (Å²) in [5, 5.41) is 11.7. The van der Waals surface area contributed by atoms with Crippen LogP contribution in [0, 0.1) is 11.3 Å². The van der Waals surface area contributed by atoms with Crippen LogP contribution in [0.3, 0.4) is 0 Å². The van der Waals surface area contributed by atoms with Gasteiger partial charge >= 0.3 is 0 Å². The van der Waals surface area contributed by atoms with E-state index in [4.69, 9.17) is 11.0 Å². The Labute approximate surface area is 117 Å².